The third-order valence-corrected chi connectivity index (χ3v) is 4.51. The van der Waals surface area contributed by atoms with Crippen LogP contribution in [0.15, 0.2) is 11.9 Å². The number of alkyl halides is 3. The van der Waals surface area contributed by atoms with Crippen LogP contribution < -0.4 is 5.73 Å². The zero-order valence-corrected chi connectivity index (χ0v) is 13.9. The number of ether oxygens (including phenoxy) is 1. The zero-order valence-electron chi connectivity index (χ0n) is 13.9. The van der Waals surface area contributed by atoms with Gasteiger partial charge < -0.3 is 10.5 Å². The van der Waals surface area contributed by atoms with Gasteiger partial charge in [-0.1, -0.05) is 13.8 Å². The SMILES string of the molecule is CC1(C)C(C=C(F)C(F)(F)F)C1C(=O)OCc1c(F)c(F)c(N)c(F)c1F. The molecule has 2 atom stereocenters. The molecule has 150 valence electrons. The number of halogens is 8. The van der Waals surface area contributed by atoms with Crippen LogP contribution in [0.4, 0.5) is 40.8 Å². The van der Waals surface area contributed by atoms with Crippen LogP contribution in [0.5, 0.6) is 0 Å². The topological polar surface area (TPSA) is 52.3 Å². The van der Waals surface area contributed by atoms with Gasteiger partial charge in [-0.15, -0.1) is 0 Å². The monoisotopic (exact) mass is 403 g/mol. The van der Waals surface area contributed by atoms with Gasteiger partial charge >= 0.3 is 12.1 Å². The molecule has 0 bridgehead atoms. The molecule has 0 saturated heterocycles. The van der Waals surface area contributed by atoms with E-state index in [0.717, 1.165) is 0 Å². The first-order valence-electron chi connectivity index (χ1n) is 7.42. The first-order valence-corrected chi connectivity index (χ1v) is 7.42. The summed E-state index contributed by atoms with van der Waals surface area (Å²) in [4.78, 5) is 12.0. The molecule has 11 heteroatoms. The minimum absolute atomic E-state index is 0.218. The van der Waals surface area contributed by atoms with Gasteiger partial charge in [-0.25, -0.2) is 22.0 Å². The van der Waals surface area contributed by atoms with Crippen LogP contribution in [0.1, 0.15) is 19.4 Å². The molecule has 1 saturated carbocycles. The van der Waals surface area contributed by atoms with Crippen LogP contribution >= 0.6 is 0 Å². The van der Waals surface area contributed by atoms with E-state index in [1.54, 1.807) is 0 Å². The van der Waals surface area contributed by atoms with Gasteiger partial charge in [0.05, 0.1) is 11.5 Å². The van der Waals surface area contributed by atoms with Gasteiger partial charge in [0.15, 0.2) is 29.1 Å². The van der Waals surface area contributed by atoms with Crippen LogP contribution in [-0.2, 0) is 16.1 Å². The Morgan fingerprint density at radius 3 is 2.04 bits per heavy atom. The van der Waals surface area contributed by atoms with Gasteiger partial charge in [0, 0.05) is 0 Å². The zero-order chi connectivity index (χ0) is 20.9. The van der Waals surface area contributed by atoms with Crippen molar-refractivity contribution in [1.29, 1.82) is 0 Å². The highest BCUT2D eigenvalue weighted by molar-refractivity contribution is 5.78. The number of rotatable bonds is 4. The number of esters is 1. The lowest BCUT2D eigenvalue weighted by Crippen LogP contribution is -2.14. The van der Waals surface area contributed by atoms with E-state index in [-0.39, 0.29) is 6.08 Å². The first-order chi connectivity index (χ1) is 12.2. The molecule has 1 fully saturated rings. The Morgan fingerprint density at radius 1 is 1.11 bits per heavy atom. The second-order valence-corrected chi connectivity index (χ2v) is 6.59. The minimum Gasteiger partial charge on any atom is -0.460 e. The third-order valence-electron chi connectivity index (χ3n) is 4.51. The summed E-state index contributed by atoms with van der Waals surface area (Å²) in [6, 6.07) is 0. The Kier molecular flexibility index (Phi) is 5.19. The molecule has 1 aliphatic rings. The van der Waals surface area contributed by atoms with E-state index in [1.807, 2.05) is 0 Å². The van der Waals surface area contributed by atoms with Crippen molar-refractivity contribution in [2.24, 2.45) is 17.3 Å². The molecule has 2 unspecified atom stereocenters. The average Bonchev–Trinajstić information content (AvgIpc) is 3.10. The molecule has 2 rings (SSSR count). The molecule has 1 aromatic rings. The van der Waals surface area contributed by atoms with Crippen molar-refractivity contribution < 1.29 is 44.7 Å². The molecule has 0 aromatic heterocycles. The molecule has 0 radical (unpaired) electrons. The molecular formula is C16H13F8NO2. The van der Waals surface area contributed by atoms with Crippen molar-refractivity contribution in [2.75, 3.05) is 5.73 Å². The summed E-state index contributed by atoms with van der Waals surface area (Å²) < 4.78 is 108. The lowest BCUT2D eigenvalue weighted by atomic mass is 10.1. The van der Waals surface area contributed by atoms with E-state index in [4.69, 9.17) is 5.73 Å². The lowest BCUT2D eigenvalue weighted by molar-refractivity contribution is -0.147. The summed E-state index contributed by atoms with van der Waals surface area (Å²) in [5.74, 6) is -13.5. The quantitative estimate of drug-likeness (QED) is 0.347. The number of carbonyl (C=O) groups excluding carboxylic acids is 1. The summed E-state index contributed by atoms with van der Waals surface area (Å²) in [5.41, 5.74) is 1.07. The summed E-state index contributed by atoms with van der Waals surface area (Å²) in [6.07, 6.45) is -5.01. The number of anilines is 1. The van der Waals surface area contributed by atoms with E-state index in [9.17, 15) is 39.9 Å². The fourth-order valence-electron chi connectivity index (χ4n) is 2.74. The maximum Gasteiger partial charge on any atom is 0.442 e. The summed E-state index contributed by atoms with van der Waals surface area (Å²) in [5, 5.41) is 0. The Labute approximate surface area is 147 Å². The van der Waals surface area contributed by atoms with Crippen molar-refractivity contribution in [3.8, 4) is 0 Å². The van der Waals surface area contributed by atoms with Crippen LogP contribution in [0.3, 0.4) is 0 Å². The number of carbonyl (C=O) groups is 1. The minimum atomic E-state index is -5.22. The number of benzene rings is 1. The van der Waals surface area contributed by atoms with Crippen molar-refractivity contribution in [3.05, 3.63) is 40.7 Å². The van der Waals surface area contributed by atoms with Crippen LogP contribution in [0, 0.1) is 40.5 Å². The number of hydrogen-bond acceptors (Lipinski definition) is 3. The molecule has 27 heavy (non-hydrogen) atoms. The number of nitrogen functional groups attached to an aromatic ring is 1. The lowest BCUT2D eigenvalue weighted by Gasteiger charge is -2.10. The second-order valence-electron chi connectivity index (χ2n) is 6.59. The number of allylic oxidation sites excluding steroid dienone is 2. The van der Waals surface area contributed by atoms with Crippen molar-refractivity contribution in [2.45, 2.75) is 26.6 Å². The number of nitrogens with two attached hydrogens (primary N) is 1. The highest BCUT2D eigenvalue weighted by Crippen LogP contribution is 2.60. The van der Waals surface area contributed by atoms with Gasteiger partial charge in [0.1, 0.15) is 12.3 Å². The summed E-state index contributed by atoms with van der Waals surface area (Å²) >= 11 is 0. The van der Waals surface area contributed by atoms with Crippen molar-refractivity contribution >= 4 is 11.7 Å². The van der Waals surface area contributed by atoms with Crippen LogP contribution in [-0.4, -0.2) is 12.1 Å². The molecule has 2 N–H and O–H groups in total. The normalized spacial score (nSPS) is 21.9. The van der Waals surface area contributed by atoms with Crippen LogP contribution in [0.2, 0.25) is 0 Å². The first kappa shape index (κ1) is 21.0. The van der Waals surface area contributed by atoms with E-state index in [0.29, 0.717) is 0 Å². The summed E-state index contributed by atoms with van der Waals surface area (Å²) in [7, 11) is 0. The van der Waals surface area contributed by atoms with E-state index in [2.05, 4.69) is 4.74 Å². The average molecular weight is 403 g/mol. The summed E-state index contributed by atoms with van der Waals surface area (Å²) in [6.45, 7) is 1.48. The standard InChI is InChI=1S/C16H13F8NO2/c1-15(2)6(3-7(17)16(22,23)24)8(15)14(26)27-4-5-9(18)11(20)13(25)12(21)10(5)19/h3,6,8H,4,25H2,1-2H3. The molecule has 1 aromatic carbocycles. The molecule has 0 aliphatic heterocycles. The van der Waals surface area contributed by atoms with Gasteiger partial charge in [0.25, 0.3) is 0 Å². The Morgan fingerprint density at radius 2 is 1.59 bits per heavy atom. The Balaban J connectivity index is 2.16. The molecular weight excluding hydrogens is 390 g/mol. The fourth-order valence-corrected chi connectivity index (χ4v) is 2.74. The van der Waals surface area contributed by atoms with E-state index >= 15 is 0 Å². The predicted octanol–water partition coefficient (Wildman–Crippen LogP) is 4.56. The van der Waals surface area contributed by atoms with E-state index < -0.39 is 76.3 Å². The smallest absolute Gasteiger partial charge is 0.442 e. The molecule has 0 heterocycles. The number of hydrogen-bond donors (Lipinski definition) is 1. The van der Waals surface area contributed by atoms with Gasteiger partial charge in [-0.2, -0.15) is 13.2 Å². The Bertz CT molecular complexity index is 787. The third kappa shape index (κ3) is 3.72. The molecule has 0 amide bonds. The van der Waals surface area contributed by atoms with E-state index in [1.165, 1.54) is 13.8 Å². The maximum absolute atomic E-state index is 13.7. The largest absolute Gasteiger partial charge is 0.460 e. The second kappa shape index (κ2) is 6.68. The Hall–Kier alpha value is -2.33. The van der Waals surface area contributed by atoms with Crippen LogP contribution in [0.25, 0.3) is 0 Å². The van der Waals surface area contributed by atoms with Gasteiger partial charge in [-0.3, -0.25) is 4.79 Å². The maximum atomic E-state index is 13.7. The fraction of sp³-hybridized carbons (Fsp3) is 0.438. The van der Waals surface area contributed by atoms with Crippen molar-refractivity contribution in [3.63, 3.8) is 0 Å². The predicted molar refractivity (Wildman–Crippen MR) is 76.5 cm³/mol. The molecule has 3 nitrogen and oxygen atoms in total. The van der Waals surface area contributed by atoms with Gasteiger partial charge in [-0.05, 0) is 17.4 Å². The highest BCUT2D eigenvalue weighted by atomic mass is 19.4. The highest BCUT2D eigenvalue weighted by Gasteiger charge is 2.62. The molecule has 0 spiro atoms. The molecule has 1 aliphatic carbocycles. The van der Waals surface area contributed by atoms with Gasteiger partial charge in [0.2, 0.25) is 0 Å². The van der Waals surface area contributed by atoms with Crippen molar-refractivity contribution in [1.82, 2.24) is 0 Å².